The molecule has 4 aromatic rings. The van der Waals surface area contributed by atoms with E-state index in [0.29, 0.717) is 17.0 Å². The van der Waals surface area contributed by atoms with E-state index < -0.39 is 11.9 Å². The Morgan fingerprint density at radius 1 is 0.800 bits per heavy atom. The number of aromatic nitrogens is 2. The van der Waals surface area contributed by atoms with Crippen molar-refractivity contribution in [3.63, 3.8) is 0 Å². The SMILES string of the molecule is COC(=O)c1ccc(OC(=O)c2cc(-c3ccccc3)nn2-c2ccccc2)cc1. The standard InChI is InChI=1S/C24H18N2O4/c1-29-23(27)18-12-14-20(15-13-18)30-24(28)22-16-21(17-8-4-2-5-9-17)25-26(22)19-10-6-3-7-11-19/h2-16H,1H3. The molecule has 4 rings (SSSR count). The van der Waals surface area contributed by atoms with Crippen LogP contribution in [0, 0.1) is 0 Å². The second-order valence-corrected chi connectivity index (χ2v) is 6.43. The van der Waals surface area contributed by atoms with Crippen molar-refractivity contribution in [2.45, 2.75) is 0 Å². The molecule has 6 heteroatoms. The van der Waals surface area contributed by atoms with Gasteiger partial charge in [0.15, 0.2) is 5.69 Å². The number of esters is 2. The fraction of sp³-hybridized carbons (Fsp3) is 0.0417. The molecule has 0 N–H and O–H groups in total. The maximum Gasteiger partial charge on any atom is 0.362 e. The Balaban J connectivity index is 1.67. The van der Waals surface area contributed by atoms with Crippen molar-refractivity contribution in [1.29, 1.82) is 0 Å². The summed E-state index contributed by atoms with van der Waals surface area (Å²) in [5.41, 5.74) is 2.96. The predicted molar refractivity (Wildman–Crippen MR) is 112 cm³/mol. The molecule has 0 aliphatic rings. The van der Waals surface area contributed by atoms with Gasteiger partial charge in [0.2, 0.25) is 0 Å². The molecule has 0 aliphatic heterocycles. The third-order valence-electron chi connectivity index (χ3n) is 4.47. The molecule has 0 atom stereocenters. The normalized spacial score (nSPS) is 10.4. The van der Waals surface area contributed by atoms with Crippen LogP contribution in [-0.4, -0.2) is 28.8 Å². The van der Waals surface area contributed by atoms with Crippen molar-refractivity contribution in [3.8, 4) is 22.7 Å². The Morgan fingerprint density at radius 2 is 1.43 bits per heavy atom. The first-order valence-corrected chi connectivity index (χ1v) is 9.27. The van der Waals surface area contributed by atoms with Crippen molar-refractivity contribution in [2.75, 3.05) is 7.11 Å². The molecule has 0 spiro atoms. The summed E-state index contributed by atoms with van der Waals surface area (Å²) in [6, 6.07) is 26.9. The lowest BCUT2D eigenvalue weighted by atomic mass is 10.1. The van der Waals surface area contributed by atoms with Crippen LogP contribution in [0.3, 0.4) is 0 Å². The zero-order valence-electron chi connectivity index (χ0n) is 16.2. The first-order valence-electron chi connectivity index (χ1n) is 9.27. The largest absolute Gasteiger partial charge is 0.465 e. The van der Waals surface area contributed by atoms with E-state index in [9.17, 15) is 9.59 Å². The molecule has 30 heavy (non-hydrogen) atoms. The zero-order chi connectivity index (χ0) is 20.9. The number of nitrogens with zero attached hydrogens (tertiary/aromatic N) is 2. The maximum absolute atomic E-state index is 13.0. The number of hydrogen-bond acceptors (Lipinski definition) is 5. The molecule has 0 radical (unpaired) electrons. The molecule has 0 saturated carbocycles. The number of rotatable bonds is 5. The maximum atomic E-state index is 13.0. The summed E-state index contributed by atoms with van der Waals surface area (Å²) in [6.07, 6.45) is 0. The minimum absolute atomic E-state index is 0.289. The van der Waals surface area contributed by atoms with E-state index in [4.69, 9.17) is 4.74 Å². The molecular weight excluding hydrogens is 380 g/mol. The molecule has 0 amide bonds. The fourth-order valence-corrected chi connectivity index (χ4v) is 2.98. The quantitative estimate of drug-likeness (QED) is 0.364. The van der Waals surface area contributed by atoms with Gasteiger partial charge < -0.3 is 9.47 Å². The van der Waals surface area contributed by atoms with E-state index >= 15 is 0 Å². The van der Waals surface area contributed by atoms with Gasteiger partial charge in [0.25, 0.3) is 0 Å². The van der Waals surface area contributed by atoms with Crippen LogP contribution in [-0.2, 0) is 4.74 Å². The highest BCUT2D eigenvalue weighted by atomic mass is 16.5. The van der Waals surface area contributed by atoms with Crippen molar-refractivity contribution in [2.24, 2.45) is 0 Å². The molecular formula is C24H18N2O4. The summed E-state index contributed by atoms with van der Waals surface area (Å²) < 4.78 is 11.8. The van der Waals surface area contributed by atoms with Gasteiger partial charge in [-0.3, -0.25) is 0 Å². The molecule has 1 aromatic heterocycles. The van der Waals surface area contributed by atoms with E-state index in [0.717, 1.165) is 11.3 Å². The van der Waals surface area contributed by atoms with Crippen LogP contribution < -0.4 is 4.74 Å². The van der Waals surface area contributed by atoms with Crippen LogP contribution in [0.25, 0.3) is 16.9 Å². The smallest absolute Gasteiger partial charge is 0.362 e. The van der Waals surface area contributed by atoms with Gasteiger partial charge in [0, 0.05) is 5.56 Å². The molecule has 0 fully saturated rings. The van der Waals surface area contributed by atoms with Crippen LogP contribution >= 0.6 is 0 Å². The highest BCUT2D eigenvalue weighted by Crippen LogP contribution is 2.23. The Bertz CT molecular complexity index is 1170. The van der Waals surface area contributed by atoms with Gasteiger partial charge >= 0.3 is 11.9 Å². The summed E-state index contributed by atoms with van der Waals surface area (Å²) in [4.78, 5) is 24.5. The average molecular weight is 398 g/mol. The Kier molecular flexibility index (Phi) is 5.39. The lowest BCUT2D eigenvalue weighted by Gasteiger charge is -2.08. The van der Waals surface area contributed by atoms with Gasteiger partial charge in [-0.05, 0) is 42.5 Å². The third-order valence-corrected chi connectivity index (χ3v) is 4.47. The van der Waals surface area contributed by atoms with E-state index in [-0.39, 0.29) is 5.69 Å². The summed E-state index contributed by atoms with van der Waals surface area (Å²) in [6.45, 7) is 0. The van der Waals surface area contributed by atoms with E-state index in [1.807, 2.05) is 60.7 Å². The average Bonchev–Trinajstić information content (AvgIpc) is 3.26. The van der Waals surface area contributed by atoms with E-state index in [2.05, 4.69) is 9.84 Å². The van der Waals surface area contributed by atoms with Gasteiger partial charge in [-0.2, -0.15) is 5.10 Å². The van der Waals surface area contributed by atoms with Gasteiger partial charge in [-0.15, -0.1) is 0 Å². The molecule has 3 aromatic carbocycles. The van der Waals surface area contributed by atoms with Crippen LogP contribution in [0.15, 0.2) is 91.0 Å². The summed E-state index contributed by atoms with van der Waals surface area (Å²) >= 11 is 0. The van der Waals surface area contributed by atoms with Crippen molar-refractivity contribution in [1.82, 2.24) is 9.78 Å². The second-order valence-electron chi connectivity index (χ2n) is 6.43. The molecule has 0 unspecified atom stereocenters. The number of benzene rings is 3. The zero-order valence-corrected chi connectivity index (χ0v) is 16.2. The molecule has 0 saturated heterocycles. The summed E-state index contributed by atoms with van der Waals surface area (Å²) in [5.74, 6) is -0.698. The van der Waals surface area contributed by atoms with Gasteiger partial charge in [-0.1, -0.05) is 48.5 Å². The Morgan fingerprint density at radius 3 is 2.07 bits per heavy atom. The topological polar surface area (TPSA) is 70.4 Å². The number of methoxy groups -OCH3 is 1. The van der Waals surface area contributed by atoms with Gasteiger partial charge in [0.05, 0.1) is 24.1 Å². The Hall–Kier alpha value is -4.19. The number of ether oxygens (including phenoxy) is 2. The first kappa shape index (κ1) is 19.1. The first-order chi connectivity index (χ1) is 14.7. The minimum atomic E-state index is -0.556. The van der Waals surface area contributed by atoms with E-state index in [1.165, 1.54) is 7.11 Å². The third kappa shape index (κ3) is 3.98. The van der Waals surface area contributed by atoms with Crippen LogP contribution in [0.1, 0.15) is 20.8 Å². The molecule has 0 aliphatic carbocycles. The summed E-state index contributed by atoms with van der Waals surface area (Å²) in [5, 5.41) is 4.62. The van der Waals surface area contributed by atoms with E-state index in [1.54, 1.807) is 35.0 Å². The summed E-state index contributed by atoms with van der Waals surface area (Å²) in [7, 11) is 1.31. The van der Waals surface area contributed by atoms with Crippen molar-refractivity contribution < 1.29 is 19.1 Å². The molecule has 0 bridgehead atoms. The number of para-hydroxylation sites is 1. The lowest BCUT2D eigenvalue weighted by Crippen LogP contribution is -2.14. The molecule has 148 valence electrons. The fourth-order valence-electron chi connectivity index (χ4n) is 2.98. The van der Waals surface area contributed by atoms with Gasteiger partial charge in [0.1, 0.15) is 5.75 Å². The van der Waals surface area contributed by atoms with Crippen LogP contribution in [0.5, 0.6) is 5.75 Å². The lowest BCUT2D eigenvalue weighted by molar-refractivity contribution is 0.0600. The number of carbonyl (C=O) groups excluding carboxylic acids is 2. The predicted octanol–water partition coefficient (Wildman–Crippen LogP) is 4.55. The monoisotopic (exact) mass is 398 g/mol. The number of hydrogen-bond donors (Lipinski definition) is 0. The molecule has 1 heterocycles. The minimum Gasteiger partial charge on any atom is -0.465 e. The highest BCUT2D eigenvalue weighted by Gasteiger charge is 2.20. The molecule has 6 nitrogen and oxygen atoms in total. The highest BCUT2D eigenvalue weighted by molar-refractivity contribution is 5.92. The van der Waals surface area contributed by atoms with Crippen molar-refractivity contribution >= 4 is 11.9 Å². The van der Waals surface area contributed by atoms with Gasteiger partial charge in [-0.25, -0.2) is 14.3 Å². The van der Waals surface area contributed by atoms with Crippen LogP contribution in [0.2, 0.25) is 0 Å². The van der Waals surface area contributed by atoms with Crippen molar-refractivity contribution in [3.05, 3.63) is 102 Å². The second kappa shape index (κ2) is 8.45. The Labute approximate surface area is 173 Å². The van der Waals surface area contributed by atoms with Crippen LogP contribution in [0.4, 0.5) is 0 Å². The number of carbonyl (C=O) groups is 2.